The van der Waals surface area contributed by atoms with E-state index in [0.717, 1.165) is 12.8 Å². The van der Waals surface area contributed by atoms with E-state index in [2.05, 4.69) is 17.2 Å². The summed E-state index contributed by atoms with van der Waals surface area (Å²) in [4.78, 5) is 12.0. The summed E-state index contributed by atoms with van der Waals surface area (Å²) in [5.74, 6) is 3.99. The number of hydrogen-bond acceptors (Lipinski definition) is 3. The van der Waals surface area contributed by atoms with E-state index >= 15 is 0 Å². The fourth-order valence-corrected chi connectivity index (χ4v) is 2.02. The summed E-state index contributed by atoms with van der Waals surface area (Å²) in [5, 5.41) is 11.4. The average molecular weight is 277 g/mol. The molecule has 0 saturated carbocycles. The van der Waals surface area contributed by atoms with Gasteiger partial charge < -0.3 is 15.2 Å². The predicted octanol–water partition coefficient (Wildman–Crippen LogP) is 1.08. The van der Waals surface area contributed by atoms with E-state index in [4.69, 9.17) is 9.84 Å². The Bertz CT molecular complexity index is 542. The fourth-order valence-electron chi connectivity index (χ4n) is 2.02. The number of ether oxygens (including phenoxy) is 1. The largest absolute Gasteiger partial charge is 0.384 e. The Labute approximate surface area is 116 Å². The zero-order valence-corrected chi connectivity index (χ0v) is 11.0. The van der Waals surface area contributed by atoms with Crippen molar-refractivity contribution in [3.8, 4) is 11.8 Å². The number of carbonyl (C=O) groups excluding carboxylic acids is 1. The van der Waals surface area contributed by atoms with Crippen molar-refractivity contribution in [2.45, 2.75) is 18.9 Å². The Kier molecular flexibility index (Phi) is 5.10. The lowest BCUT2D eigenvalue weighted by molar-refractivity contribution is 0.0694. The van der Waals surface area contributed by atoms with Crippen LogP contribution in [0, 0.1) is 17.7 Å². The van der Waals surface area contributed by atoms with Crippen molar-refractivity contribution in [3.05, 3.63) is 35.1 Å². The Hall–Kier alpha value is -1.90. The molecule has 0 bridgehead atoms. The first kappa shape index (κ1) is 14.5. The average Bonchev–Trinajstić information content (AvgIpc) is 2.46. The van der Waals surface area contributed by atoms with Crippen molar-refractivity contribution < 1.29 is 19.0 Å². The number of halogens is 1. The van der Waals surface area contributed by atoms with Crippen LogP contribution in [0.1, 0.15) is 28.8 Å². The fraction of sp³-hybridized carbons (Fsp3) is 0.400. The molecule has 2 rings (SSSR count). The summed E-state index contributed by atoms with van der Waals surface area (Å²) in [6.07, 6.45) is 1.49. The molecule has 0 unspecified atom stereocenters. The topological polar surface area (TPSA) is 58.6 Å². The van der Waals surface area contributed by atoms with Crippen molar-refractivity contribution in [2.75, 3.05) is 19.8 Å². The Morgan fingerprint density at radius 2 is 2.20 bits per heavy atom. The zero-order valence-electron chi connectivity index (χ0n) is 11.0. The van der Waals surface area contributed by atoms with Crippen LogP contribution in [0.4, 0.5) is 4.39 Å². The second-order valence-electron chi connectivity index (χ2n) is 4.51. The van der Waals surface area contributed by atoms with Crippen LogP contribution in [0.2, 0.25) is 0 Å². The van der Waals surface area contributed by atoms with Gasteiger partial charge in [0.05, 0.1) is 5.56 Å². The molecule has 2 N–H and O–H groups in total. The van der Waals surface area contributed by atoms with Crippen LogP contribution in [-0.4, -0.2) is 36.9 Å². The molecule has 1 heterocycles. The molecule has 0 atom stereocenters. The van der Waals surface area contributed by atoms with Gasteiger partial charge in [-0.3, -0.25) is 4.79 Å². The van der Waals surface area contributed by atoms with Crippen molar-refractivity contribution in [1.29, 1.82) is 0 Å². The lowest BCUT2D eigenvalue weighted by Gasteiger charge is -2.23. The summed E-state index contributed by atoms with van der Waals surface area (Å²) in [5.41, 5.74) is 0.435. The third-order valence-corrected chi connectivity index (χ3v) is 3.08. The first-order chi connectivity index (χ1) is 9.70. The molecule has 1 aliphatic rings. The minimum Gasteiger partial charge on any atom is -0.384 e. The van der Waals surface area contributed by atoms with Crippen molar-refractivity contribution >= 4 is 5.91 Å². The smallest absolute Gasteiger partial charge is 0.254 e. The summed E-state index contributed by atoms with van der Waals surface area (Å²) in [7, 11) is 0. The minimum absolute atomic E-state index is 0.00559. The van der Waals surface area contributed by atoms with Crippen molar-refractivity contribution in [2.24, 2.45) is 0 Å². The molecule has 4 nitrogen and oxygen atoms in total. The third kappa shape index (κ3) is 3.80. The van der Waals surface area contributed by atoms with Gasteiger partial charge in [0.2, 0.25) is 0 Å². The Balaban J connectivity index is 2.05. The molecule has 1 fully saturated rings. The minimum atomic E-state index is -0.612. The number of rotatable bonds is 2. The first-order valence-corrected chi connectivity index (χ1v) is 6.48. The van der Waals surface area contributed by atoms with Gasteiger partial charge in [-0.05, 0) is 31.0 Å². The number of amides is 1. The highest BCUT2D eigenvalue weighted by atomic mass is 19.1. The van der Waals surface area contributed by atoms with Gasteiger partial charge in [-0.15, -0.1) is 0 Å². The second kappa shape index (κ2) is 7.04. The molecular weight excluding hydrogens is 261 g/mol. The van der Waals surface area contributed by atoms with E-state index < -0.39 is 11.7 Å². The van der Waals surface area contributed by atoms with Gasteiger partial charge in [0, 0.05) is 24.8 Å². The SMILES string of the molecule is O=C(NC1CCOCC1)c1ccc(C#CCO)cc1F. The van der Waals surface area contributed by atoms with Crippen molar-refractivity contribution in [1.82, 2.24) is 5.32 Å². The summed E-state index contributed by atoms with van der Waals surface area (Å²) >= 11 is 0. The molecule has 0 aromatic heterocycles. The number of aliphatic hydroxyl groups is 1. The predicted molar refractivity (Wildman–Crippen MR) is 71.7 cm³/mol. The van der Waals surface area contributed by atoms with Crippen molar-refractivity contribution in [3.63, 3.8) is 0 Å². The van der Waals surface area contributed by atoms with E-state index in [1.807, 2.05) is 0 Å². The van der Waals surface area contributed by atoms with Crippen LogP contribution >= 0.6 is 0 Å². The second-order valence-corrected chi connectivity index (χ2v) is 4.51. The maximum Gasteiger partial charge on any atom is 0.254 e. The van der Waals surface area contributed by atoms with Crippen LogP contribution in [0.5, 0.6) is 0 Å². The Morgan fingerprint density at radius 1 is 1.45 bits per heavy atom. The number of benzene rings is 1. The van der Waals surface area contributed by atoms with E-state index in [9.17, 15) is 9.18 Å². The number of aliphatic hydroxyl groups excluding tert-OH is 1. The highest BCUT2D eigenvalue weighted by molar-refractivity contribution is 5.94. The molecule has 0 aliphatic carbocycles. The molecular formula is C15H16FNO3. The summed E-state index contributed by atoms with van der Waals surface area (Å²) in [6, 6.07) is 4.20. The summed E-state index contributed by atoms with van der Waals surface area (Å²) in [6.45, 7) is 0.944. The lowest BCUT2D eigenvalue weighted by Crippen LogP contribution is -2.39. The normalized spacial score (nSPS) is 15.3. The van der Waals surface area contributed by atoms with Gasteiger partial charge in [0.25, 0.3) is 5.91 Å². The third-order valence-electron chi connectivity index (χ3n) is 3.08. The number of hydrogen-bond donors (Lipinski definition) is 2. The van der Waals surface area contributed by atoms with E-state index in [-0.39, 0.29) is 18.2 Å². The van der Waals surface area contributed by atoms with Gasteiger partial charge in [-0.2, -0.15) is 0 Å². The van der Waals surface area contributed by atoms with Crippen LogP contribution in [-0.2, 0) is 4.74 Å². The van der Waals surface area contributed by atoms with Gasteiger partial charge in [-0.25, -0.2) is 4.39 Å². The molecule has 0 spiro atoms. The Morgan fingerprint density at radius 3 is 2.85 bits per heavy atom. The lowest BCUT2D eigenvalue weighted by atomic mass is 10.1. The van der Waals surface area contributed by atoms with Crippen LogP contribution in [0.25, 0.3) is 0 Å². The number of nitrogens with one attached hydrogen (secondary N) is 1. The van der Waals surface area contributed by atoms with Gasteiger partial charge in [0.15, 0.2) is 0 Å². The monoisotopic (exact) mass is 277 g/mol. The van der Waals surface area contributed by atoms with Crippen LogP contribution in [0.3, 0.4) is 0 Å². The standard InChI is InChI=1S/C15H16FNO3/c16-14-10-11(2-1-7-18)3-4-13(14)15(19)17-12-5-8-20-9-6-12/h3-4,10,12,18H,5-9H2,(H,17,19). The molecule has 0 radical (unpaired) electrons. The molecule has 20 heavy (non-hydrogen) atoms. The quantitative estimate of drug-likeness (QED) is 0.795. The maximum atomic E-state index is 13.9. The zero-order chi connectivity index (χ0) is 14.4. The number of carbonyl (C=O) groups is 1. The molecule has 1 amide bonds. The van der Waals surface area contributed by atoms with Gasteiger partial charge in [0.1, 0.15) is 12.4 Å². The molecule has 106 valence electrons. The molecule has 5 heteroatoms. The molecule has 1 aromatic rings. The highest BCUT2D eigenvalue weighted by Gasteiger charge is 2.19. The van der Waals surface area contributed by atoms with Crippen LogP contribution < -0.4 is 5.32 Å². The molecule has 1 aromatic carbocycles. The van der Waals surface area contributed by atoms with E-state index in [1.165, 1.54) is 12.1 Å². The van der Waals surface area contributed by atoms with Gasteiger partial charge >= 0.3 is 0 Å². The molecule has 1 aliphatic heterocycles. The van der Waals surface area contributed by atoms with Gasteiger partial charge in [-0.1, -0.05) is 11.8 Å². The maximum absolute atomic E-state index is 13.9. The van der Waals surface area contributed by atoms with E-state index in [1.54, 1.807) is 6.07 Å². The summed E-state index contributed by atoms with van der Waals surface area (Å²) < 4.78 is 19.1. The molecule has 1 saturated heterocycles. The first-order valence-electron chi connectivity index (χ1n) is 6.48. The van der Waals surface area contributed by atoms with Crippen LogP contribution in [0.15, 0.2) is 18.2 Å². The highest BCUT2D eigenvalue weighted by Crippen LogP contribution is 2.12. The van der Waals surface area contributed by atoms with E-state index in [0.29, 0.717) is 18.8 Å².